The molecule has 2 atom stereocenters. The molecule has 0 unspecified atom stereocenters. The molecule has 116 valence electrons. The Bertz CT molecular complexity index is 650. The van der Waals surface area contributed by atoms with E-state index in [0.717, 1.165) is 25.0 Å². The molecule has 1 aromatic carbocycles. The van der Waals surface area contributed by atoms with Crippen molar-refractivity contribution in [1.82, 2.24) is 4.72 Å². The standard InChI is InChI=1S/C12H16ClN3O4S/c13-9-4-5-11(16(17)18)12(6-9)21(19,20)15-10-3-1-2-8(10)7-14/h4-6,8,10,15H,1-3,7,14H2/t8-,10+/m1/s1. The van der Waals surface area contributed by atoms with Crippen molar-refractivity contribution in [3.05, 3.63) is 33.3 Å². The number of benzene rings is 1. The van der Waals surface area contributed by atoms with Gasteiger partial charge in [-0.05, 0) is 37.4 Å². The zero-order valence-electron chi connectivity index (χ0n) is 11.2. The molecule has 0 aliphatic heterocycles. The minimum Gasteiger partial charge on any atom is -0.330 e. The normalized spacial score (nSPS) is 22.4. The molecule has 0 amide bonds. The van der Waals surface area contributed by atoms with Crippen LogP contribution in [0.5, 0.6) is 0 Å². The first-order valence-electron chi connectivity index (χ1n) is 6.51. The summed E-state index contributed by atoms with van der Waals surface area (Å²) in [6, 6.07) is 3.18. The first-order chi connectivity index (χ1) is 9.85. The largest absolute Gasteiger partial charge is 0.330 e. The van der Waals surface area contributed by atoms with Crippen molar-refractivity contribution in [3.63, 3.8) is 0 Å². The third kappa shape index (κ3) is 3.52. The lowest BCUT2D eigenvalue weighted by Crippen LogP contribution is -2.40. The molecular formula is C12H16ClN3O4S. The summed E-state index contributed by atoms with van der Waals surface area (Å²) >= 11 is 5.77. The van der Waals surface area contributed by atoms with Crippen molar-refractivity contribution in [3.8, 4) is 0 Å². The third-order valence-corrected chi connectivity index (χ3v) is 5.43. The molecular weight excluding hydrogens is 318 g/mol. The Labute approximate surface area is 127 Å². The van der Waals surface area contributed by atoms with Gasteiger partial charge in [-0.25, -0.2) is 13.1 Å². The van der Waals surface area contributed by atoms with Gasteiger partial charge in [-0.2, -0.15) is 0 Å². The molecule has 1 aliphatic rings. The molecule has 0 spiro atoms. The molecule has 0 heterocycles. The summed E-state index contributed by atoms with van der Waals surface area (Å²) < 4.78 is 27.3. The number of nitro benzene ring substituents is 1. The molecule has 9 heteroatoms. The van der Waals surface area contributed by atoms with Crippen LogP contribution in [0.4, 0.5) is 5.69 Å². The van der Waals surface area contributed by atoms with E-state index in [9.17, 15) is 18.5 Å². The summed E-state index contributed by atoms with van der Waals surface area (Å²) in [4.78, 5) is 9.84. The number of nitrogens with zero attached hydrogens (tertiary/aromatic N) is 1. The van der Waals surface area contributed by atoms with Crippen LogP contribution in [0.2, 0.25) is 5.02 Å². The van der Waals surface area contributed by atoms with Gasteiger partial charge in [0.25, 0.3) is 5.69 Å². The number of sulfonamides is 1. The van der Waals surface area contributed by atoms with Crippen LogP contribution in [0.25, 0.3) is 0 Å². The van der Waals surface area contributed by atoms with Crippen LogP contribution in [-0.4, -0.2) is 25.9 Å². The second-order valence-electron chi connectivity index (χ2n) is 5.02. The highest BCUT2D eigenvalue weighted by atomic mass is 35.5. The predicted octanol–water partition coefficient (Wildman–Crippen LogP) is 1.65. The van der Waals surface area contributed by atoms with Crippen molar-refractivity contribution in [2.45, 2.75) is 30.2 Å². The number of hydrogen-bond donors (Lipinski definition) is 2. The zero-order chi connectivity index (χ0) is 15.6. The van der Waals surface area contributed by atoms with Crippen LogP contribution in [0.3, 0.4) is 0 Å². The second kappa shape index (κ2) is 6.27. The van der Waals surface area contributed by atoms with Crippen molar-refractivity contribution >= 4 is 27.3 Å². The Kier molecular flexibility index (Phi) is 4.82. The number of nitrogens with two attached hydrogens (primary N) is 1. The van der Waals surface area contributed by atoms with Gasteiger partial charge in [0.1, 0.15) is 0 Å². The monoisotopic (exact) mass is 333 g/mol. The van der Waals surface area contributed by atoms with Gasteiger partial charge in [-0.3, -0.25) is 10.1 Å². The Morgan fingerprint density at radius 2 is 2.14 bits per heavy atom. The van der Waals surface area contributed by atoms with Crippen molar-refractivity contribution in [2.24, 2.45) is 11.7 Å². The Morgan fingerprint density at radius 3 is 2.76 bits per heavy atom. The van der Waals surface area contributed by atoms with E-state index in [2.05, 4.69) is 4.72 Å². The summed E-state index contributed by atoms with van der Waals surface area (Å²) in [5.41, 5.74) is 5.13. The van der Waals surface area contributed by atoms with Gasteiger partial charge >= 0.3 is 0 Å². The van der Waals surface area contributed by atoms with E-state index in [-0.39, 0.29) is 17.0 Å². The van der Waals surface area contributed by atoms with E-state index >= 15 is 0 Å². The van der Waals surface area contributed by atoms with Gasteiger partial charge in [0, 0.05) is 17.1 Å². The lowest BCUT2D eigenvalue weighted by molar-refractivity contribution is -0.387. The van der Waals surface area contributed by atoms with Gasteiger partial charge in [0.2, 0.25) is 10.0 Å². The summed E-state index contributed by atoms with van der Waals surface area (Å²) in [7, 11) is -4.02. The van der Waals surface area contributed by atoms with Crippen LogP contribution in [-0.2, 0) is 10.0 Å². The fraction of sp³-hybridized carbons (Fsp3) is 0.500. The molecule has 7 nitrogen and oxygen atoms in total. The minimum absolute atomic E-state index is 0.0537. The smallest absolute Gasteiger partial charge is 0.289 e. The first-order valence-corrected chi connectivity index (χ1v) is 8.37. The zero-order valence-corrected chi connectivity index (χ0v) is 12.7. The summed E-state index contributed by atoms with van der Waals surface area (Å²) in [6.45, 7) is 0.380. The number of rotatable bonds is 5. The lowest BCUT2D eigenvalue weighted by atomic mass is 10.1. The average Bonchev–Trinajstić information content (AvgIpc) is 2.84. The highest BCUT2D eigenvalue weighted by Gasteiger charge is 2.33. The van der Waals surface area contributed by atoms with E-state index in [0.29, 0.717) is 13.0 Å². The van der Waals surface area contributed by atoms with E-state index < -0.39 is 25.5 Å². The van der Waals surface area contributed by atoms with Crippen molar-refractivity contribution < 1.29 is 13.3 Å². The quantitative estimate of drug-likeness (QED) is 0.628. The molecule has 0 bridgehead atoms. The van der Waals surface area contributed by atoms with Crippen molar-refractivity contribution in [2.75, 3.05) is 6.54 Å². The lowest BCUT2D eigenvalue weighted by Gasteiger charge is -2.19. The number of hydrogen-bond acceptors (Lipinski definition) is 5. The fourth-order valence-corrected chi connectivity index (χ4v) is 4.36. The maximum absolute atomic E-state index is 12.4. The Hall–Kier alpha value is -1.22. The fourth-order valence-electron chi connectivity index (χ4n) is 2.59. The maximum Gasteiger partial charge on any atom is 0.289 e. The molecule has 0 aromatic heterocycles. The SMILES string of the molecule is NC[C@H]1CCC[C@@H]1NS(=O)(=O)c1cc(Cl)ccc1[N+](=O)[O-]. The molecule has 1 aromatic rings. The molecule has 0 saturated heterocycles. The maximum atomic E-state index is 12.4. The highest BCUT2D eigenvalue weighted by Crippen LogP contribution is 2.30. The molecule has 2 rings (SSSR count). The topological polar surface area (TPSA) is 115 Å². The summed E-state index contributed by atoms with van der Waals surface area (Å²) in [6.07, 6.45) is 2.41. The Balaban J connectivity index is 2.35. The van der Waals surface area contributed by atoms with Gasteiger partial charge in [0.05, 0.1) is 4.92 Å². The minimum atomic E-state index is -4.02. The van der Waals surface area contributed by atoms with Gasteiger partial charge in [0.15, 0.2) is 4.90 Å². The average molecular weight is 334 g/mol. The molecule has 1 saturated carbocycles. The van der Waals surface area contributed by atoms with E-state index in [1.54, 1.807) is 0 Å². The van der Waals surface area contributed by atoms with Gasteiger partial charge in [-0.1, -0.05) is 18.0 Å². The number of nitrogens with one attached hydrogen (secondary N) is 1. The van der Waals surface area contributed by atoms with Crippen LogP contribution in [0.15, 0.2) is 23.1 Å². The van der Waals surface area contributed by atoms with Crippen molar-refractivity contribution in [1.29, 1.82) is 0 Å². The Morgan fingerprint density at radius 1 is 1.43 bits per heavy atom. The first kappa shape index (κ1) is 16.2. The third-order valence-electron chi connectivity index (χ3n) is 3.68. The molecule has 3 N–H and O–H groups in total. The highest BCUT2D eigenvalue weighted by molar-refractivity contribution is 7.89. The number of halogens is 1. The molecule has 1 aliphatic carbocycles. The second-order valence-corrected chi connectivity index (χ2v) is 7.14. The van der Waals surface area contributed by atoms with Gasteiger partial charge < -0.3 is 5.73 Å². The summed E-state index contributed by atoms with van der Waals surface area (Å²) in [5.74, 6) is 0.0537. The van der Waals surface area contributed by atoms with Crippen LogP contribution in [0.1, 0.15) is 19.3 Å². The van der Waals surface area contributed by atoms with E-state index in [4.69, 9.17) is 17.3 Å². The number of nitro groups is 1. The predicted molar refractivity (Wildman–Crippen MR) is 78.6 cm³/mol. The molecule has 1 fully saturated rings. The molecule has 0 radical (unpaired) electrons. The van der Waals surface area contributed by atoms with Crippen LogP contribution >= 0.6 is 11.6 Å². The van der Waals surface area contributed by atoms with E-state index in [1.165, 1.54) is 6.07 Å². The van der Waals surface area contributed by atoms with Crippen LogP contribution < -0.4 is 10.5 Å². The summed E-state index contributed by atoms with van der Waals surface area (Å²) in [5, 5.41) is 11.1. The van der Waals surface area contributed by atoms with Gasteiger partial charge in [-0.15, -0.1) is 0 Å². The van der Waals surface area contributed by atoms with Crippen LogP contribution in [0, 0.1) is 16.0 Å². The molecule has 21 heavy (non-hydrogen) atoms. The van der Waals surface area contributed by atoms with E-state index in [1.807, 2.05) is 0 Å².